The van der Waals surface area contributed by atoms with Gasteiger partial charge in [-0.25, -0.2) is 10.8 Å². The number of anilines is 2. The Balaban J connectivity index is 1.83. The Labute approximate surface area is 107 Å². The summed E-state index contributed by atoms with van der Waals surface area (Å²) in [5.41, 5.74) is 3.57. The molecule has 18 heavy (non-hydrogen) atoms. The summed E-state index contributed by atoms with van der Waals surface area (Å²) < 4.78 is 5.34. The minimum Gasteiger partial charge on any atom is -0.381 e. The van der Waals surface area contributed by atoms with Crippen LogP contribution < -0.4 is 16.6 Å². The van der Waals surface area contributed by atoms with Crippen molar-refractivity contribution < 1.29 is 4.74 Å². The molecule has 0 bridgehead atoms. The number of nitrogens with two attached hydrogens (primary N) is 1. The number of hydrazine groups is 1. The van der Waals surface area contributed by atoms with Gasteiger partial charge < -0.3 is 15.5 Å². The van der Waals surface area contributed by atoms with Crippen molar-refractivity contribution in [2.75, 3.05) is 43.6 Å². The summed E-state index contributed by atoms with van der Waals surface area (Å²) in [7, 11) is 0. The molecule has 1 aromatic heterocycles. The Bertz CT molecular complexity index is 367. The van der Waals surface area contributed by atoms with Crippen molar-refractivity contribution in [3.63, 3.8) is 0 Å². The molecule has 100 valence electrons. The molecule has 0 radical (unpaired) electrons. The molecule has 1 saturated heterocycles. The maximum Gasteiger partial charge on any atom is 0.141 e. The number of hydrogen-bond donors (Lipinski definition) is 3. The van der Waals surface area contributed by atoms with Gasteiger partial charge in [-0.3, -0.25) is 4.90 Å². The summed E-state index contributed by atoms with van der Waals surface area (Å²) in [6.07, 6.45) is 1.74. The molecule has 0 aliphatic carbocycles. The molecule has 1 fully saturated rings. The minimum absolute atomic E-state index is 0.371. The van der Waals surface area contributed by atoms with Gasteiger partial charge in [-0.15, -0.1) is 0 Å². The number of ether oxygens (including phenoxy) is 1. The third-order valence-corrected chi connectivity index (χ3v) is 2.96. The Hall–Kier alpha value is -1.37. The number of aromatic nitrogens is 1. The summed E-state index contributed by atoms with van der Waals surface area (Å²) >= 11 is 0. The van der Waals surface area contributed by atoms with Gasteiger partial charge in [0.05, 0.1) is 13.2 Å². The summed E-state index contributed by atoms with van der Waals surface area (Å²) in [5, 5.41) is 3.45. The van der Waals surface area contributed by atoms with Gasteiger partial charge in [0, 0.05) is 43.6 Å². The quantitative estimate of drug-likeness (QED) is 0.523. The van der Waals surface area contributed by atoms with E-state index in [9.17, 15) is 0 Å². The number of nitrogen functional groups attached to an aromatic ring is 1. The van der Waals surface area contributed by atoms with Gasteiger partial charge in [-0.05, 0) is 13.0 Å². The molecule has 2 rings (SSSR count). The lowest BCUT2D eigenvalue weighted by atomic mass is 10.2. The van der Waals surface area contributed by atoms with Crippen LogP contribution in [0.2, 0.25) is 0 Å². The van der Waals surface area contributed by atoms with Gasteiger partial charge in [-0.2, -0.15) is 0 Å². The van der Waals surface area contributed by atoms with Crippen molar-refractivity contribution in [1.82, 2.24) is 9.88 Å². The van der Waals surface area contributed by atoms with E-state index in [2.05, 4.69) is 27.6 Å². The summed E-state index contributed by atoms with van der Waals surface area (Å²) in [6, 6.07) is 4.21. The molecule has 6 heteroatoms. The zero-order chi connectivity index (χ0) is 12.8. The van der Waals surface area contributed by atoms with Crippen molar-refractivity contribution in [2.24, 2.45) is 5.84 Å². The molecular weight excluding hydrogens is 230 g/mol. The second-order valence-electron chi connectivity index (χ2n) is 4.53. The molecule has 1 atom stereocenters. The zero-order valence-corrected chi connectivity index (χ0v) is 10.7. The molecule has 1 aliphatic rings. The molecule has 0 saturated carbocycles. The molecule has 1 aliphatic heterocycles. The van der Waals surface area contributed by atoms with Gasteiger partial charge in [-0.1, -0.05) is 0 Å². The van der Waals surface area contributed by atoms with Crippen LogP contribution in [0.1, 0.15) is 6.92 Å². The topological polar surface area (TPSA) is 75.4 Å². The highest BCUT2D eigenvalue weighted by atomic mass is 16.5. The SMILES string of the molecule is CC(CN1CCOCC1)Nc1ccnc(NN)c1. The van der Waals surface area contributed by atoms with E-state index in [1.165, 1.54) is 0 Å². The molecule has 0 aromatic carbocycles. The number of pyridine rings is 1. The normalized spacial score (nSPS) is 18.3. The lowest BCUT2D eigenvalue weighted by Crippen LogP contribution is -2.42. The van der Waals surface area contributed by atoms with Crippen molar-refractivity contribution in [1.29, 1.82) is 0 Å². The van der Waals surface area contributed by atoms with Crippen molar-refractivity contribution in [3.8, 4) is 0 Å². The Morgan fingerprint density at radius 2 is 2.28 bits per heavy atom. The molecule has 4 N–H and O–H groups in total. The van der Waals surface area contributed by atoms with Gasteiger partial charge >= 0.3 is 0 Å². The molecular formula is C12H21N5O. The monoisotopic (exact) mass is 251 g/mol. The zero-order valence-electron chi connectivity index (χ0n) is 10.7. The second kappa shape index (κ2) is 6.53. The van der Waals surface area contributed by atoms with Crippen molar-refractivity contribution in [2.45, 2.75) is 13.0 Å². The first-order valence-corrected chi connectivity index (χ1v) is 6.27. The van der Waals surface area contributed by atoms with E-state index < -0.39 is 0 Å². The highest BCUT2D eigenvalue weighted by Crippen LogP contribution is 2.12. The van der Waals surface area contributed by atoms with Crippen LogP contribution in [0.3, 0.4) is 0 Å². The fourth-order valence-electron chi connectivity index (χ4n) is 2.10. The van der Waals surface area contributed by atoms with Gasteiger partial charge in [0.1, 0.15) is 5.82 Å². The molecule has 6 nitrogen and oxygen atoms in total. The minimum atomic E-state index is 0.371. The van der Waals surface area contributed by atoms with Crippen LogP contribution >= 0.6 is 0 Å². The van der Waals surface area contributed by atoms with Gasteiger partial charge in [0.25, 0.3) is 0 Å². The number of nitrogens with zero attached hydrogens (tertiary/aromatic N) is 2. The van der Waals surface area contributed by atoms with Crippen molar-refractivity contribution >= 4 is 11.5 Å². The third kappa shape index (κ3) is 3.83. The predicted molar refractivity (Wildman–Crippen MR) is 72.4 cm³/mol. The van der Waals surface area contributed by atoms with Gasteiger partial charge in [0.15, 0.2) is 0 Å². The smallest absolute Gasteiger partial charge is 0.141 e. The number of rotatable bonds is 5. The summed E-state index contributed by atoms with van der Waals surface area (Å²) in [5.74, 6) is 6.00. The molecule has 0 amide bonds. The van der Waals surface area contributed by atoms with Crippen LogP contribution in [0.5, 0.6) is 0 Å². The highest BCUT2D eigenvalue weighted by molar-refractivity contribution is 5.51. The summed E-state index contributed by atoms with van der Waals surface area (Å²) in [4.78, 5) is 6.48. The maximum atomic E-state index is 5.34. The van der Waals surface area contributed by atoms with E-state index in [-0.39, 0.29) is 0 Å². The van der Waals surface area contributed by atoms with Crippen LogP contribution in [-0.2, 0) is 4.74 Å². The molecule has 2 heterocycles. The lowest BCUT2D eigenvalue weighted by molar-refractivity contribution is 0.0368. The van der Waals surface area contributed by atoms with Crippen LogP contribution in [0.25, 0.3) is 0 Å². The average molecular weight is 251 g/mol. The first kappa shape index (κ1) is 13.1. The van der Waals surface area contributed by atoms with E-state index in [4.69, 9.17) is 10.6 Å². The van der Waals surface area contributed by atoms with Crippen molar-refractivity contribution in [3.05, 3.63) is 18.3 Å². The fraction of sp³-hybridized carbons (Fsp3) is 0.583. The number of nitrogens with one attached hydrogen (secondary N) is 2. The maximum absolute atomic E-state index is 5.34. The predicted octanol–water partition coefficient (Wildman–Crippen LogP) is 0.500. The average Bonchev–Trinajstić information content (AvgIpc) is 2.40. The molecule has 1 aromatic rings. The van der Waals surface area contributed by atoms with E-state index in [0.717, 1.165) is 38.5 Å². The Morgan fingerprint density at radius 1 is 1.50 bits per heavy atom. The molecule has 0 spiro atoms. The van der Waals surface area contributed by atoms with Crippen LogP contribution in [-0.4, -0.2) is 48.8 Å². The van der Waals surface area contributed by atoms with Crippen LogP contribution in [0.4, 0.5) is 11.5 Å². The van der Waals surface area contributed by atoms with E-state index in [0.29, 0.717) is 11.9 Å². The highest BCUT2D eigenvalue weighted by Gasteiger charge is 2.13. The van der Waals surface area contributed by atoms with E-state index in [1.54, 1.807) is 6.20 Å². The van der Waals surface area contributed by atoms with Crippen LogP contribution in [0.15, 0.2) is 18.3 Å². The van der Waals surface area contributed by atoms with E-state index >= 15 is 0 Å². The first-order valence-electron chi connectivity index (χ1n) is 6.27. The van der Waals surface area contributed by atoms with E-state index in [1.807, 2.05) is 12.1 Å². The Morgan fingerprint density at radius 3 is 3.00 bits per heavy atom. The lowest BCUT2D eigenvalue weighted by Gasteiger charge is -2.29. The first-order chi connectivity index (χ1) is 8.78. The summed E-state index contributed by atoms with van der Waals surface area (Å²) in [6.45, 7) is 6.88. The number of hydrogen-bond acceptors (Lipinski definition) is 6. The fourth-order valence-corrected chi connectivity index (χ4v) is 2.10. The largest absolute Gasteiger partial charge is 0.381 e. The van der Waals surface area contributed by atoms with Gasteiger partial charge in [0.2, 0.25) is 0 Å². The second-order valence-corrected chi connectivity index (χ2v) is 4.53. The number of morpholine rings is 1. The molecule has 1 unspecified atom stereocenters. The Kier molecular flexibility index (Phi) is 4.74. The van der Waals surface area contributed by atoms with Crippen LogP contribution in [0, 0.1) is 0 Å². The standard InChI is InChI=1S/C12H21N5O/c1-10(9-17-4-6-18-7-5-17)15-11-2-3-14-12(8-11)16-13/h2-3,8,10H,4-7,9,13H2,1H3,(H2,14,15,16). The third-order valence-electron chi connectivity index (χ3n) is 2.96.